The van der Waals surface area contributed by atoms with Gasteiger partial charge < -0.3 is 9.84 Å². The first kappa shape index (κ1) is 14.4. The van der Waals surface area contributed by atoms with Crippen LogP contribution in [0.5, 0.6) is 5.75 Å². The number of benzene rings is 2. The summed E-state index contributed by atoms with van der Waals surface area (Å²) in [6.45, 7) is 1.72. The highest BCUT2D eigenvalue weighted by atomic mass is 79.9. The first-order chi connectivity index (χ1) is 8.95. The predicted molar refractivity (Wildman–Crippen MR) is 80.8 cm³/mol. The van der Waals surface area contributed by atoms with Gasteiger partial charge >= 0.3 is 0 Å². The van der Waals surface area contributed by atoms with Gasteiger partial charge in [0.15, 0.2) is 0 Å². The van der Waals surface area contributed by atoms with E-state index in [1.54, 1.807) is 26.2 Å². The summed E-state index contributed by atoms with van der Waals surface area (Å²) < 4.78 is 6.06. The van der Waals surface area contributed by atoms with E-state index in [4.69, 9.17) is 16.3 Å². The Labute approximate surface area is 126 Å². The van der Waals surface area contributed by atoms with E-state index in [1.807, 2.05) is 30.3 Å². The van der Waals surface area contributed by atoms with Crippen molar-refractivity contribution in [3.05, 3.63) is 63.1 Å². The van der Waals surface area contributed by atoms with Crippen LogP contribution in [0.1, 0.15) is 18.1 Å². The Bertz CT molecular complexity index is 596. The Balaban J connectivity index is 2.51. The van der Waals surface area contributed by atoms with Gasteiger partial charge in [0, 0.05) is 15.1 Å². The summed E-state index contributed by atoms with van der Waals surface area (Å²) in [6, 6.07) is 12.8. The summed E-state index contributed by atoms with van der Waals surface area (Å²) in [6.07, 6.45) is 0. The molecule has 0 aromatic heterocycles. The molecule has 0 aliphatic rings. The largest absolute Gasteiger partial charge is 0.497 e. The smallest absolute Gasteiger partial charge is 0.119 e. The molecule has 100 valence electrons. The Hall–Kier alpha value is -1.03. The van der Waals surface area contributed by atoms with Gasteiger partial charge in [-0.3, -0.25) is 0 Å². The molecule has 4 heteroatoms. The van der Waals surface area contributed by atoms with E-state index in [-0.39, 0.29) is 0 Å². The normalized spacial score (nSPS) is 13.9. The lowest BCUT2D eigenvalue weighted by Crippen LogP contribution is -2.23. The van der Waals surface area contributed by atoms with Gasteiger partial charge in [0.25, 0.3) is 0 Å². The average Bonchev–Trinajstić information content (AvgIpc) is 2.38. The Kier molecular flexibility index (Phi) is 4.19. The van der Waals surface area contributed by atoms with Crippen LogP contribution < -0.4 is 4.74 Å². The van der Waals surface area contributed by atoms with Crippen molar-refractivity contribution >= 4 is 27.5 Å². The van der Waals surface area contributed by atoms with Crippen molar-refractivity contribution in [2.45, 2.75) is 12.5 Å². The monoisotopic (exact) mass is 340 g/mol. The molecule has 1 unspecified atom stereocenters. The first-order valence-electron chi connectivity index (χ1n) is 5.77. The molecule has 0 radical (unpaired) electrons. The van der Waals surface area contributed by atoms with E-state index >= 15 is 0 Å². The molecular formula is C15H14BrClO2. The number of methoxy groups -OCH3 is 1. The topological polar surface area (TPSA) is 29.5 Å². The van der Waals surface area contributed by atoms with E-state index in [0.29, 0.717) is 16.3 Å². The highest BCUT2D eigenvalue weighted by Gasteiger charge is 2.28. The molecule has 2 aromatic carbocycles. The predicted octanol–water partition coefficient (Wildman–Crippen LogP) is 4.37. The van der Waals surface area contributed by atoms with Gasteiger partial charge in [-0.15, -0.1) is 0 Å². The van der Waals surface area contributed by atoms with E-state index in [0.717, 1.165) is 10.0 Å². The molecule has 2 rings (SSSR count). The standard InChI is InChI=1S/C15H14BrClO2/c1-15(18,10-4-3-5-12(8-10)19-2)13-7-6-11(16)9-14(13)17/h3-9,18H,1-2H3. The molecule has 2 aromatic rings. The second-order valence-corrected chi connectivity index (χ2v) is 5.75. The van der Waals surface area contributed by atoms with Crippen LogP contribution in [0.15, 0.2) is 46.9 Å². The van der Waals surface area contributed by atoms with Crippen molar-refractivity contribution in [3.63, 3.8) is 0 Å². The summed E-state index contributed by atoms with van der Waals surface area (Å²) in [4.78, 5) is 0. The van der Waals surface area contributed by atoms with Crippen molar-refractivity contribution < 1.29 is 9.84 Å². The molecule has 2 nitrogen and oxygen atoms in total. The zero-order chi connectivity index (χ0) is 14.0. The maximum absolute atomic E-state index is 10.8. The van der Waals surface area contributed by atoms with Gasteiger partial charge in [-0.1, -0.05) is 45.7 Å². The molecule has 19 heavy (non-hydrogen) atoms. The lowest BCUT2D eigenvalue weighted by molar-refractivity contribution is 0.102. The van der Waals surface area contributed by atoms with Crippen molar-refractivity contribution in [2.24, 2.45) is 0 Å². The fraction of sp³-hybridized carbons (Fsp3) is 0.200. The van der Waals surface area contributed by atoms with Crippen LogP contribution >= 0.6 is 27.5 Å². The lowest BCUT2D eigenvalue weighted by atomic mass is 9.88. The second kappa shape index (κ2) is 5.53. The Morgan fingerprint density at radius 3 is 2.58 bits per heavy atom. The van der Waals surface area contributed by atoms with Crippen LogP contribution in [0, 0.1) is 0 Å². The molecule has 0 fully saturated rings. The molecule has 0 bridgehead atoms. The first-order valence-corrected chi connectivity index (χ1v) is 6.94. The molecule has 0 amide bonds. The van der Waals surface area contributed by atoms with Crippen LogP contribution in [0.25, 0.3) is 0 Å². The maximum Gasteiger partial charge on any atom is 0.119 e. The third-order valence-electron chi connectivity index (χ3n) is 3.09. The number of ether oxygens (including phenoxy) is 1. The highest BCUT2D eigenvalue weighted by Crippen LogP contribution is 2.36. The fourth-order valence-electron chi connectivity index (χ4n) is 1.97. The van der Waals surface area contributed by atoms with E-state index in [9.17, 15) is 5.11 Å². The van der Waals surface area contributed by atoms with Crippen LogP contribution in [0.3, 0.4) is 0 Å². The summed E-state index contributed by atoms with van der Waals surface area (Å²) in [5, 5.41) is 11.3. The number of hydrogen-bond acceptors (Lipinski definition) is 2. The number of rotatable bonds is 3. The summed E-state index contributed by atoms with van der Waals surface area (Å²) in [5.41, 5.74) is 0.216. The van der Waals surface area contributed by atoms with Gasteiger partial charge in [0.05, 0.1) is 7.11 Å². The molecule has 1 atom stereocenters. The molecule has 0 saturated carbocycles. The number of halogens is 2. The van der Waals surface area contributed by atoms with Gasteiger partial charge in [0.2, 0.25) is 0 Å². The molecule has 0 spiro atoms. The third-order valence-corrected chi connectivity index (χ3v) is 3.89. The quantitative estimate of drug-likeness (QED) is 0.898. The Morgan fingerprint density at radius 2 is 1.95 bits per heavy atom. The summed E-state index contributed by atoms with van der Waals surface area (Å²) >= 11 is 9.57. The zero-order valence-corrected chi connectivity index (χ0v) is 13.0. The zero-order valence-electron chi connectivity index (χ0n) is 10.7. The number of aliphatic hydroxyl groups is 1. The van der Waals surface area contributed by atoms with Crippen LogP contribution in [0.4, 0.5) is 0 Å². The Morgan fingerprint density at radius 1 is 1.21 bits per heavy atom. The van der Waals surface area contributed by atoms with Crippen LogP contribution in [0.2, 0.25) is 5.02 Å². The van der Waals surface area contributed by atoms with Crippen molar-refractivity contribution in [3.8, 4) is 5.75 Å². The van der Waals surface area contributed by atoms with Gasteiger partial charge in [-0.25, -0.2) is 0 Å². The minimum Gasteiger partial charge on any atom is -0.497 e. The van der Waals surface area contributed by atoms with E-state index < -0.39 is 5.60 Å². The second-order valence-electron chi connectivity index (χ2n) is 4.43. The van der Waals surface area contributed by atoms with Crippen molar-refractivity contribution in [2.75, 3.05) is 7.11 Å². The third kappa shape index (κ3) is 2.94. The minimum absolute atomic E-state index is 0.516. The van der Waals surface area contributed by atoms with Crippen molar-refractivity contribution in [1.29, 1.82) is 0 Å². The van der Waals surface area contributed by atoms with Gasteiger partial charge in [-0.2, -0.15) is 0 Å². The molecule has 1 N–H and O–H groups in total. The van der Waals surface area contributed by atoms with E-state index in [1.165, 1.54) is 0 Å². The SMILES string of the molecule is COc1cccc(C(C)(O)c2ccc(Br)cc2Cl)c1. The minimum atomic E-state index is -1.17. The molecule has 0 aliphatic carbocycles. The van der Waals surface area contributed by atoms with Gasteiger partial charge in [-0.05, 0) is 36.8 Å². The molecule has 0 heterocycles. The molecule has 0 aliphatic heterocycles. The lowest BCUT2D eigenvalue weighted by Gasteiger charge is -2.26. The van der Waals surface area contributed by atoms with E-state index in [2.05, 4.69) is 15.9 Å². The molecular weight excluding hydrogens is 328 g/mol. The highest BCUT2D eigenvalue weighted by molar-refractivity contribution is 9.10. The number of hydrogen-bond donors (Lipinski definition) is 1. The molecule has 0 saturated heterocycles. The maximum atomic E-state index is 10.8. The fourth-order valence-corrected chi connectivity index (χ4v) is 2.82. The van der Waals surface area contributed by atoms with Crippen LogP contribution in [-0.2, 0) is 5.60 Å². The van der Waals surface area contributed by atoms with Gasteiger partial charge in [0.1, 0.15) is 11.4 Å². The van der Waals surface area contributed by atoms with Crippen molar-refractivity contribution in [1.82, 2.24) is 0 Å². The average molecular weight is 342 g/mol. The summed E-state index contributed by atoms with van der Waals surface area (Å²) in [5.74, 6) is 0.700. The van der Waals surface area contributed by atoms with Crippen LogP contribution in [-0.4, -0.2) is 12.2 Å². The summed E-state index contributed by atoms with van der Waals surface area (Å²) in [7, 11) is 1.60.